The largest absolute Gasteiger partial charge is 0.398 e. The number of H-pyrrole nitrogens is 1. The molecular formula is C16H13BrN2O. The van der Waals surface area contributed by atoms with Gasteiger partial charge in [-0.05, 0) is 30.7 Å². The molecule has 20 heavy (non-hydrogen) atoms. The fourth-order valence-corrected chi connectivity index (χ4v) is 2.82. The molecule has 3 N–H and O–H groups in total. The molecule has 4 heteroatoms. The van der Waals surface area contributed by atoms with Gasteiger partial charge in [0.05, 0.1) is 0 Å². The SMILES string of the molecule is Cc1c(N)cc(Br)cc1C(=O)c1c[nH]c2ccccc12. The maximum absolute atomic E-state index is 12.8. The summed E-state index contributed by atoms with van der Waals surface area (Å²) in [5.41, 5.74) is 9.61. The van der Waals surface area contributed by atoms with Crippen molar-refractivity contribution in [2.45, 2.75) is 6.92 Å². The second kappa shape index (κ2) is 4.80. The highest BCUT2D eigenvalue weighted by atomic mass is 79.9. The van der Waals surface area contributed by atoms with Gasteiger partial charge in [0.15, 0.2) is 5.78 Å². The molecule has 0 aliphatic carbocycles. The number of aromatic amines is 1. The number of fused-ring (bicyclic) bond motifs is 1. The average molecular weight is 329 g/mol. The number of halogens is 1. The van der Waals surface area contributed by atoms with Gasteiger partial charge >= 0.3 is 0 Å². The average Bonchev–Trinajstić information content (AvgIpc) is 2.86. The lowest BCUT2D eigenvalue weighted by Crippen LogP contribution is -2.05. The van der Waals surface area contributed by atoms with Crippen molar-refractivity contribution in [1.82, 2.24) is 4.98 Å². The molecule has 0 unspecified atom stereocenters. The first kappa shape index (κ1) is 12.9. The number of rotatable bonds is 2. The van der Waals surface area contributed by atoms with Gasteiger partial charge in [0.1, 0.15) is 0 Å². The second-order valence-electron chi connectivity index (χ2n) is 4.74. The quantitative estimate of drug-likeness (QED) is 0.550. The zero-order valence-corrected chi connectivity index (χ0v) is 12.5. The Bertz CT molecular complexity index is 820. The number of benzene rings is 2. The van der Waals surface area contributed by atoms with E-state index in [1.54, 1.807) is 12.3 Å². The van der Waals surface area contributed by atoms with E-state index < -0.39 is 0 Å². The smallest absolute Gasteiger partial charge is 0.195 e. The summed E-state index contributed by atoms with van der Waals surface area (Å²) in [5, 5.41) is 0.926. The Morgan fingerprint density at radius 2 is 1.95 bits per heavy atom. The number of carbonyl (C=O) groups excluding carboxylic acids is 1. The molecule has 0 amide bonds. The molecule has 0 atom stereocenters. The van der Waals surface area contributed by atoms with Gasteiger partial charge in [-0.2, -0.15) is 0 Å². The van der Waals surface area contributed by atoms with E-state index in [1.807, 2.05) is 37.3 Å². The molecule has 100 valence electrons. The molecule has 3 rings (SSSR count). The maximum Gasteiger partial charge on any atom is 0.195 e. The number of nitrogens with two attached hydrogens (primary N) is 1. The highest BCUT2D eigenvalue weighted by Gasteiger charge is 2.17. The second-order valence-corrected chi connectivity index (χ2v) is 5.66. The van der Waals surface area contributed by atoms with Crippen LogP contribution in [0.5, 0.6) is 0 Å². The Morgan fingerprint density at radius 1 is 1.20 bits per heavy atom. The predicted octanol–water partition coefficient (Wildman–Crippen LogP) is 4.05. The number of nitrogens with one attached hydrogen (secondary N) is 1. The molecule has 0 saturated carbocycles. The van der Waals surface area contributed by atoms with Gasteiger partial charge in [-0.15, -0.1) is 0 Å². The van der Waals surface area contributed by atoms with Crippen molar-refractivity contribution in [3.63, 3.8) is 0 Å². The van der Waals surface area contributed by atoms with Crippen molar-refractivity contribution in [2.75, 3.05) is 5.73 Å². The van der Waals surface area contributed by atoms with Crippen LogP contribution in [0.4, 0.5) is 5.69 Å². The molecular weight excluding hydrogens is 316 g/mol. The molecule has 3 aromatic rings. The van der Waals surface area contributed by atoms with Gasteiger partial charge < -0.3 is 10.7 Å². The van der Waals surface area contributed by atoms with Gasteiger partial charge in [0.25, 0.3) is 0 Å². The molecule has 0 aliphatic rings. The lowest BCUT2D eigenvalue weighted by Gasteiger charge is -2.08. The van der Waals surface area contributed by atoms with E-state index in [0.717, 1.165) is 20.9 Å². The Morgan fingerprint density at radius 3 is 2.75 bits per heavy atom. The molecule has 0 saturated heterocycles. The number of para-hydroxylation sites is 1. The minimum Gasteiger partial charge on any atom is -0.398 e. The van der Waals surface area contributed by atoms with E-state index in [2.05, 4.69) is 20.9 Å². The molecule has 1 aromatic heterocycles. The molecule has 1 heterocycles. The van der Waals surface area contributed by atoms with Crippen LogP contribution in [0.3, 0.4) is 0 Å². The number of ketones is 1. The topological polar surface area (TPSA) is 58.9 Å². The molecule has 0 radical (unpaired) electrons. The van der Waals surface area contributed by atoms with Crippen LogP contribution in [0.25, 0.3) is 10.9 Å². The number of anilines is 1. The zero-order chi connectivity index (χ0) is 14.3. The molecule has 0 aliphatic heterocycles. The van der Waals surface area contributed by atoms with Gasteiger partial charge in [-0.25, -0.2) is 0 Å². The summed E-state index contributed by atoms with van der Waals surface area (Å²) in [6, 6.07) is 11.4. The van der Waals surface area contributed by atoms with Crippen LogP contribution in [-0.4, -0.2) is 10.8 Å². The highest BCUT2D eigenvalue weighted by molar-refractivity contribution is 9.10. The summed E-state index contributed by atoms with van der Waals surface area (Å²) in [6.07, 6.45) is 1.75. The third kappa shape index (κ3) is 2.02. The fraction of sp³-hybridized carbons (Fsp3) is 0.0625. The van der Waals surface area contributed by atoms with E-state index in [9.17, 15) is 4.79 Å². The number of hydrogen-bond donors (Lipinski definition) is 2. The van der Waals surface area contributed by atoms with Crippen LogP contribution in [-0.2, 0) is 0 Å². The van der Waals surface area contributed by atoms with Crippen molar-refractivity contribution in [3.8, 4) is 0 Å². The predicted molar refractivity (Wildman–Crippen MR) is 85.0 cm³/mol. The summed E-state index contributed by atoms with van der Waals surface area (Å²) < 4.78 is 0.809. The highest BCUT2D eigenvalue weighted by Crippen LogP contribution is 2.27. The number of aromatic nitrogens is 1. The Hall–Kier alpha value is -2.07. The van der Waals surface area contributed by atoms with Crippen molar-refractivity contribution < 1.29 is 4.79 Å². The van der Waals surface area contributed by atoms with Crippen LogP contribution in [0, 0.1) is 6.92 Å². The lowest BCUT2D eigenvalue weighted by atomic mass is 9.98. The molecule has 0 bridgehead atoms. The van der Waals surface area contributed by atoms with Crippen LogP contribution in [0.15, 0.2) is 47.1 Å². The van der Waals surface area contributed by atoms with Crippen LogP contribution < -0.4 is 5.73 Å². The van der Waals surface area contributed by atoms with Crippen LogP contribution in [0.2, 0.25) is 0 Å². The van der Waals surface area contributed by atoms with Crippen molar-refractivity contribution >= 4 is 38.3 Å². The lowest BCUT2D eigenvalue weighted by molar-refractivity contribution is 0.103. The molecule has 0 spiro atoms. The van der Waals surface area contributed by atoms with Gasteiger partial charge in [0, 0.05) is 38.4 Å². The number of nitrogen functional groups attached to an aromatic ring is 1. The zero-order valence-electron chi connectivity index (χ0n) is 10.9. The third-order valence-electron chi connectivity index (χ3n) is 3.49. The minimum atomic E-state index is -0.0204. The van der Waals surface area contributed by atoms with Crippen molar-refractivity contribution in [3.05, 3.63) is 63.8 Å². The normalized spacial score (nSPS) is 10.9. The van der Waals surface area contributed by atoms with Crippen molar-refractivity contribution in [2.24, 2.45) is 0 Å². The third-order valence-corrected chi connectivity index (χ3v) is 3.95. The summed E-state index contributed by atoms with van der Waals surface area (Å²) in [6.45, 7) is 1.86. The first-order valence-corrected chi connectivity index (χ1v) is 7.03. The first-order valence-electron chi connectivity index (χ1n) is 6.24. The van der Waals surface area contributed by atoms with E-state index in [-0.39, 0.29) is 5.78 Å². The minimum absolute atomic E-state index is 0.0204. The van der Waals surface area contributed by atoms with Crippen molar-refractivity contribution in [1.29, 1.82) is 0 Å². The first-order chi connectivity index (χ1) is 9.58. The van der Waals surface area contributed by atoms with Gasteiger partial charge in [0.2, 0.25) is 0 Å². The Kier molecular flexibility index (Phi) is 3.10. The summed E-state index contributed by atoms with van der Waals surface area (Å²) >= 11 is 3.39. The number of hydrogen-bond acceptors (Lipinski definition) is 2. The van der Waals surface area contributed by atoms with Gasteiger partial charge in [-0.1, -0.05) is 34.1 Å². The van der Waals surface area contributed by atoms with E-state index in [4.69, 9.17) is 5.73 Å². The van der Waals surface area contributed by atoms with Crippen LogP contribution in [0.1, 0.15) is 21.5 Å². The molecule has 2 aromatic carbocycles. The van der Waals surface area contributed by atoms with E-state index in [0.29, 0.717) is 16.8 Å². The molecule has 3 nitrogen and oxygen atoms in total. The van der Waals surface area contributed by atoms with Crippen LogP contribution >= 0.6 is 15.9 Å². The summed E-state index contributed by atoms with van der Waals surface area (Å²) in [4.78, 5) is 15.9. The Labute approximate surface area is 124 Å². The summed E-state index contributed by atoms with van der Waals surface area (Å²) in [5.74, 6) is -0.0204. The summed E-state index contributed by atoms with van der Waals surface area (Å²) in [7, 11) is 0. The molecule has 0 fully saturated rings. The van der Waals surface area contributed by atoms with Gasteiger partial charge in [-0.3, -0.25) is 4.79 Å². The monoisotopic (exact) mass is 328 g/mol. The van der Waals surface area contributed by atoms with E-state index in [1.165, 1.54) is 0 Å². The Balaban J connectivity index is 2.18. The van der Waals surface area contributed by atoms with E-state index >= 15 is 0 Å². The number of carbonyl (C=O) groups is 1. The fourth-order valence-electron chi connectivity index (χ4n) is 2.34. The maximum atomic E-state index is 12.8. The standard InChI is InChI=1S/C16H13BrN2O/c1-9-12(6-10(17)7-14(9)18)16(20)13-8-19-15-5-3-2-4-11(13)15/h2-8,19H,18H2,1H3.